The summed E-state index contributed by atoms with van der Waals surface area (Å²) in [6.07, 6.45) is -5.13. The zero-order chi connectivity index (χ0) is 22.6. The predicted octanol–water partition coefficient (Wildman–Crippen LogP) is 5.00. The molecule has 1 aromatic carbocycles. The number of nitriles is 1. The Bertz CT molecular complexity index is 1180. The van der Waals surface area contributed by atoms with Crippen molar-refractivity contribution in [1.82, 2.24) is 4.98 Å². The number of H-pyrrole nitrogens is 1. The Morgan fingerprint density at radius 1 is 1.13 bits per heavy atom. The molecule has 1 aromatic heterocycles. The van der Waals surface area contributed by atoms with Crippen LogP contribution in [0.15, 0.2) is 24.3 Å². The van der Waals surface area contributed by atoms with Gasteiger partial charge in [-0.05, 0) is 57.3 Å². The molecule has 1 fully saturated rings. The molecule has 0 aliphatic carbocycles. The Hall–Kier alpha value is -2.84. The second-order valence-corrected chi connectivity index (χ2v) is 7.89. The second-order valence-electron chi connectivity index (χ2n) is 7.08. The highest BCUT2D eigenvalue weighted by Crippen LogP contribution is 2.42. The van der Waals surface area contributed by atoms with E-state index in [1.165, 1.54) is 24.8 Å². The maximum Gasteiger partial charge on any atom is 0.420 e. The van der Waals surface area contributed by atoms with Crippen LogP contribution in [0, 0.1) is 28.7 Å². The van der Waals surface area contributed by atoms with Crippen molar-refractivity contribution in [3.05, 3.63) is 51.5 Å². The van der Waals surface area contributed by atoms with E-state index < -0.39 is 40.3 Å². The van der Waals surface area contributed by atoms with E-state index in [1.807, 2.05) is 0 Å². The van der Waals surface area contributed by atoms with E-state index >= 15 is 0 Å². The first-order valence-electron chi connectivity index (χ1n) is 8.50. The molecular formula is C19H14F4N4OS2. The summed E-state index contributed by atoms with van der Waals surface area (Å²) in [5.74, 6) is -2.45. The number of aromatic nitrogens is 1. The van der Waals surface area contributed by atoms with Gasteiger partial charge in [0, 0.05) is 5.69 Å². The molecule has 1 amide bonds. The van der Waals surface area contributed by atoms with Gasteiger partial charge >= 0.3 is 6.18 Å². The molecule has 0 spiro atoms. The molecule has 0 atom stereocenters. The zero-order valence-corrected chi connectivity index (χ0v) is 17.5. The first-order chi connectivity index (χ1) is 13.8. The highest BCUT2D eigenvalue weighted by Gasteiger charge is 2.52. The van der Waals surface area contributed by atoms with Gasteiger partial charge in [-0.1, -0.05) is 12.2 Å². The van der Waals surface area contributed by atoms with Gasteiger partial charge in [-0.25, -0.2) is 4.39 Å². The zero-order valence-electron chi connectivity index (χ0n) is 15.9. The van der Waals surface area contributed by atoms with Crippen LogP contribution in [0.5, 0.6) is 0 Å². The van der Waals surface area contributed by atoms with Crippen molar-refractivity contribution in [2.75, 3.05) is 9.80 Å². The molecule has 30 heavy (non-hydrogen) atoms. The summed E-state index contributed by atoms with van der Waals surface area (Å²) in [6.45, 7) is 4.74. The minimum atomic E-state index is -5.13. The number of carbonyl (C=O) groups excluding carboxylic acids is 1. The first kappa shape index (κ1) is 21.9. The fourth-order valence-electron chi connectivity index (χ4n) is 3.33. The van der Waals surface area contributed by atoms with Gasteiger partial charge in [0.15, 0.2) is 10.9 Å². The lowest BCUT2D eigenvalue weighted by Gasteiger charge is -2.30. The molecular weight excluding hydrogens is 440 g/mol. The molecule has 1 aliphatic rings. The minimum Gasteiger partial charge on any atom is -0.349 e. The number of pyridine rings is 1. The number of nitrogens with one attached hydrogen (secondary N) is 1. The summed E-state index contributed by atoms with van der Waals surface area (Å²) in [5, 5.41) is 8.75. The first-order valence-corrected chi connectivity index (χ1v) is 9.32. The van der Waals surface area contributed by atoms with Gasteiger partial charge < -0.3 is 9.88 Å². The van der Waals surface area contributed by atoms with Gasteiger partial charge in [-0.2, -0.15) is 18.4 Å². The molecule has 3 rings (SSSR count). The van der Waals surface area contributed by atoms with Crippen molar-refractivity contribution in [3.63, 3.8) is 0 Å². The largest absolute Gasteiger partial charge is 0.420 e. The van der Waals surface area contributed by atoms with E-state index in [4.69, 9.17) is 29.7 Å². The number of hydrogen-bond donors (Lipinski definition) is 1. The van der Waals surface area contributed by atoms with E-state index in [1.54, 1.807) is 19.1 Å². The van der Waals surface area contributed by atoms with Crippen molar-refractivity contribution in [3.8, 4) is 6.07 Å². The number of aryl methyl sites for hydroxylation is 1. The van der Waals surface area contributed by atoms with Crippen molar-refractivity contribution in [2.45, 2.75) is 32.5 Å². The minimum absolute atomic E-state index is 0.199. The predicted molar refractivity (Wildman–Crippen MR) is 109 cm³/mol. The fraction of sp³-hybridized carbons (Fsp3) is 0.263. The third-order valence-electron chi connectivity index (χ3n) is 4.76. The number of hydrogen-bond acceptors (Lipinski definition) is 4. The van der Waals surface area contributed by atoms with Crippen LogP contribution in [-0.4, -0.2) is 21.5 Å². The Morgan fingerprint density at radius 2 is 1.73 bits per heavy atom. The van der Waals surface area contributed by atoms with Crippen molar-refractivity contribution < 1.29 is 22.4 Å². The SMILES string of the molecule is Cc1[nH]c(=S)ccc1N1C(=S)N(c2ccc(C#N)c(C(F)(F)F)c2F)C(=O)C1(C)C. The number of amides is 1. The van der Waals surface area contributed by atoms with E-state index in [2.05, 4.69) is 4.98 Å². The summed E-state index contributed by atoms with van der Waals surface area (Å²) in [4.78, 5) is 18.2. The molecule has 0 bridgehead atoms. The second kappa shape index (κ2) is 7.14. The number of anilines is 2. The van der Waals surface area contributed by atoms with E-state index in [9.17, 15) is 22.4 Å². The van der Waals surface area contributed by atoms with Crippen molar-refractivity contribution >= 4 is 46.8 Å². The number of rotatable bonds is 2. The molecule has 156 valence electrons. The smallest absolute Gasteiger partial charge is 0.349 e. The molecule has 1 saturated heterocycles. The molecule has 5 nitrogen and oxygen atoms in total. The van der Waals surface area contributed by atoms with Crippen LogP contribution in [0.1, 0.15) is 30.7 Å². The average Bonchev–Trinajstić information content (AvgIpc) is 2.80. The van der Waals surface area contributed by atoms with Crippen molar-refractivity contribution in [1.29, 1.82) is 5.26 Å². The van der Waals surface area contributed by atoms with E-state index in [0.29, 0.717) is 16.0 Å². The lowest BCUT2D eigenvalue weighted by molar-refractivity contribution is -0.140. The molecule has 11 heteroatoms. The molecule has 2 heterocycles. The Kier molecular flexibility index (Phi) is 5.20. The average molecular weight is 454 g/mol. The molecule has 1 N–H and O–H groups in total. The Morgan fingerprint density at radius 3 is 2.27 bits per heavy atom. The summed E-state index contributed by atoms with van der Waals surface area (Å²) in [7, 11) is 0. The summed E-state index contributed by atoms with van der Waals surface area (Å²) >= 11 is 10.4. The third kappa shape index (κ3) is 3.26. The van der Waals surface area contributed by atoms with Crippen molar-refractivity contribution in [2.24, 2.45) is 0 Å². The van der Waals surface area contributed by atoms with E-state index in [0.717, 1.165) is 17.0 Å². The summed E-state index contributed by atoms with van der Waals surface area (Å²) in [5.41, 5.74) is -3.58. The monoisotopic (exact) mass is 454 g/mol. The fourth-order valence-corrected chi connectivity index (χ4v) is 4.06. The van der Waals surface area contributed by atoms with Crippen LogP contribution in [0.4, 0.5) is 28.9 Å². The maximum absolute atomic E-state index is 15.0. The van der Waals surface area contributed by atoms with Crippen LogP contribution >= 0.6 is 24.4 Å². The lowest BCUT2D eigenvalue weighted by Crippen LogP contribution is -2.44. The van der Waals surface area contributed by atoms with Crippen LogP contribution in [0.25, 0.3) is 0 Å². The number of alkyl halides is 3. The highest BCUT2D eigenvalue weighted by atomic mass is 32.1. The molecule has 0 unspecified atom stereocenters. The van der Waals surface area contributed by atoms with Gasteiger partial charge in [0.25, 0.3) is 5.91 Å². The Balaban J connectivity index is 2.22. The summed E-state index contributed by atoms with van der Waals surface area (Å²) in [6, 6.07) is 6.28. The Labute approximate surface area is 179 Å². The maximum atomic E-state index is 15.0. The molecule has 2 aromatic rings. The van der Waals surface area contributed by atoms with Gasteiger partial charge in [0.1, 0.15) is 15.7 Å². The van der Waals surface area contributed by atoms with E-state index in [-0.39, 0.29) is 5.11 Å². The van der Waals surface area contributed by atoms with Gasteiger partial charge in [-0.15, -0.1) is 0 Å². The number of nitrogens with zero attached hydrogens (tertiary/aromatic N) is 3. The normalized spacial score (nSPS) is 16.2. The standard InChI is InChI=1S/C19H14F4N4OS2/c1-9-11(6-7-13(29)25-9)27-17(30)26(16(28)18(27,2)3)12-5-4-10(8-24)14(15(12)20)19(21,22)23/h4-7H,1-3H3,(H,25,29). The number of carbonyl (C=O) groups is 1. The van der Waals surface area contributed by atoms with Gasteiger partial charge in [-0.3, -0.25) is 9.69 Å². The van der Waals surface area contributed by atoms with Gasteiger partial charge in [0.05, 0.1) is 23.0 Å². The molecule has 0 saturated carbocycles. The summed E-state index contributed by atoms with van der Waals surface area (Å²) < 4.78 is 55.6. The number of benzene rings is 1. The number of halogens is 4. The molecule has 1 aliphatic heterocycles. The lowest BCUT2D eigenvalue weighted by atomic mass is 10.0. The van der Waals surface area contributed by atoms with Gasteiger partial charge in [0.2, 0.25) is 0 Å². The van der Waals surface area contributed by atoms with Crippen LogP contribution in [-0.2, 0) is 11.0 Å². The molecule has 0 radical (unpaired) electrons. The highest BCUT2D eigenvalue weighted by molar-refractivity contribution is 7.81. The van der Waals surface area contributed by atoms with Crippen LogP contribution in [0.3, 0.4) is 0 Å². The quantitative estimate of drug-likeness (QED) is 0.511. The number of aromatic amines is 1. The third-order valence-corrected chi connectivity index (χ3v) is 5.37. The van der Waals surface area contributed by atoms with Crippen LogP contribution in [0.2, 0.25) is 0 Å². The van der Waals surface area contributed by atoms with Crippen LogP contribution < -0.4 is 9.80 Å². The number of thiocarbonyl (C=S) groups is 1. The topological polar surface area (TPSA) is 63.1 Å².